The monoisotopic (exact) mass is 401 g/mol. The normalized spacial score (nSPS) is 16.0. The molecule has 8 heteroatoms. The predicted molar refractivity (Wildman–Crippen MR) is 105 cm³/mol. The minimum Gasteiger partial charge on any atom is -0.339 e. The third kappa shape index (κ3) is 3.73. The number of hydrogen-bond donors (Lipinski definition) is 1. The Labute approximate surface area is 161 Å². The summed E-state index contributed by atoms with van der Waals surface area (Å²) in [6.07, 6.45) is 1.70. The van der Waals surface area contributed by atoms with Gasteiger partial charge in [0.2, 0.25) is 10.0 Å². The van der Waals surface area contributed by atoms with Gasteiger partial charge in [0.25, 0.3) is 5.91 Å². The molecule has 1 saturated heterocycles. The van der Waals surface area contributed by atoms with E-state index in [1.807, 2.05) is 18.2 Å². The lowest BCUT2D eigenvalue weighted by molar-refractivity contribution is 0.0712. The topological polar surface area (TPSA) is 93.4 Å². The number of hydrogen-bond acceptors (Lipinski definition) is 5. The van der Waals surface area contributed by atoms with Crippen molar-refractivity contribution in [2.45, 2.75) is 23.7 Å². The molecule has 1 fully saturated rings. The molecule has 0 spiro atoms. The number of thiazole rings is 1. The quantitative estimate of drug-likeness (QED) is 0.730. The van der Waals surface area contributed by atoms with Crippen LogP contribution in [-0.2, 0) is 10.0 Å². The Morgan fingerprint density at radius 1 is 1.11 bits per heavy atom. The highest BCUT2D eigenvalue weighted by Gasteiger charge is 2.27. The number of likely N-dealkylation sites (tertiary alicyclic amines) is 1. The van der Waals surface area contributed by atoms with Crippen LogP contribution < -0.4 is 5.14 Å². The van der Waals surface area contributed by atoms with Gasteiger partial charge in [-0.3, -0.25) is 4.79 Å². The van der Waals surface area contributed by atoms with E-state index in [1.54, 1.807) is 28.4 Å². The number of nitrogens with zero attached hydrogens (tertiary/aromatic N) is 2. The molecule has 1 aromatic heterocycles. The van der Waals surface area contributed by atoms with Crippen molar-refractivity contribution in [2.24, 2.45) is 5.14 Å². The Balaban J connectivity index is 1.46. The van der Waals surface area contributed by atoms with Crippen LogP contribution in [0.15, 0.2) is 53.4 Å². The van der Waals surface area contributed by atoms with E-state index in [4.69, 9.17) is 10.1 Å². The first-order valence-electron chi connectivity index (χ1n) is 8.69. The first kappa shape index (κ1) is 18.1. The lowest BCUT2D eigenvalue weighted by atomic mass is 9.97. The maximum Gasteiger partial charge on any atom is 0.253 e. The summed E-state index contributed by atoms with van der Waals surface area (Å²) in [5.74, 6) is 0.186. The van der Waals surface area contributed by atoms with Gasteiger partial charge >= 0.3 is 0 Å². The number of benzene rings is 2. The van der Waals surface area contributed by atoms with Crippen LogP contribution in [0.4, 0.5) is 0 Å². The second-order valence-corrected chi connectivity index (χ2v) is 9.28. The highest BCUT2D eigenvalue weighted by Crippen LogP contribution is 2.34. The molecule has 6 nitrogen and oxygen atoms in total. The molecule has 0 radical (unpaired) electrons. The molecule has 1 aliphatic heterocycles. The first-order valence-corrected chi connectivity index (χ1v) is 11.1. The number of aromatic nitrogens is 1. The van der Waals surface area contributed by atoms with Gasteiger partial charge in [0.15, 0.2) is 0 Å². The van der Waals surface area contributed by atoms with E-state index in [1.165, 1.54) is 16.8 Å². The summed E-state index contributed by atoms with van der Waals surface area (Å²) in [7, 11) is -3.82. The molecule has 27 heavy (non-hydrogen) atoms. The van der Waals surface area contributed by atoms with Crippen LogP contribution in [-0.4, -0.2) is 37.3 Å². The molecule has 2 N–H and O–H groups in total. The van der Waals surface area contributed by atoms with Gasteiger partial charge < -0.3 is 4.90 Å². The molecule has 0 unspecified atom stereocenters. The Morgan fingerprint density at radius 3 is 2.56 bits per heavy atom. The van der Waals surface area contributed by atoms with Gasteiger partial charge in [-0.15, -0.1) is 11.3 Å². The van der Waals surface area contributed by atoms with Crippen molar-refractivity contribution in [3.63, 3.8) is 0 Å². The zero-order valence-corrected chi connectivity index (χ0v) is 16.2. The number of nitrogens with two attached hydrogens (primary N) is 1. The lowest BCUT2D eigenvalue weighted by Crippen LogP contribution is -2.38. The molecule has 2 heterocycles. The number of para-hydroxylation sites is 1. The number of amides is 1. The second-order valence-electron chi connectivity index (χ2n) is 6.66. The van der Waals surface area contributed by atoms with Crippen molar-refractivity contribution in [2.75, 3.05) is 13.1 Å². The number of fused-ring (bicyclic) bond motifs is 1. The average Bonchev–Trinajstić information content (AvgIpc) is 3.11. The molecule has 0 atom stereocenters. The van der Waals surface area contributed by atoms with Crippen LogP contribution in [0.25, 0.3) is 10.2 Å². The van der Waals surface area contributed by atoms with E-state index in [0.717, 1.165) is 23.4 Å². The molecule has 3 aromatic rings. The van der Waals surface area contributed by atoms with Gasteiger partial charge in [0, 0.05) is 24.6 Å². The summed E-state index contributed by atoms with van der Waals surface area (Å²) >= 11 is 1.72. The van der Waals surface area contributed by atoms with Gasteiger partial charge in [-0.25, -0.2) is 18.5 Å². The Morgan fingerprint density at radius 2 is 1.85 bits per heavy atom. The van der Waals surface area contributed by atoms with E-state index in [-0.39, 0.29) is 10.8 Å². The van der Waals surface area contributed by atoms with Gasteiger partial charge in [-0.05, 0) is 43.2 Å². The molecule has 0 saturated carbocycles. The zero-order valence-electron chi connectivity index (χ0n) is 14.5. The average molecular weight is 402 g/mol. The van der Waals surface area contributed by atoms with Crippen LogP contribution in [0.3, 0.4) is 0 Å². The molecule has 4 rings (SSSR count). The third-order valence-electron chi connectivity index (χ3n) is 4.85. The number of rotatable bonds is 3. The lowest BCUT2D eigenvalue weighted by Gasteiger charge is -2.31. The zero-order chi connectivity index (χ0) is 19.0. The van der Waals surface area contributed by atoms with Crippen molar-refractivity contribution in [1.82, 2.24) is 9.88 Å². The fourth-order valence-electron chi connectivity index (χ4n) is 3.38. The molecular formula is C19H19N3O3S2. The van der Waals surface area contributed by atoms with Crippen molar-refractivity contribution in [3.8, 4) is 0 Å². The fraction of sp³-hybridized carbons (Fsp3) is 0.263. The molecule has 0 bridgehead atoms. The maximum atomic E-state index is 12.7. The standard InChI is InChI=1S/C19H19N3O3S2/c20-27(24,25)15-5-3-4-14(12-15)19(23)22-10-8-13(9-11-22)18-21-16-6-1-2-7-17(16)26-18/h1-7,12-13H,8-11H2,(H2,20,24,25). The largest absolute Gasteiger partial charge is 0.339 e. The Kier molecular flexibility index (Phi) is 4.71. The van der Waals surface area contributed by atoms with Crippen LogP contribution in [0, 0.1) is 0 Å². The van der Waals surface area contributed by atoms with E-state index < -0.39 is 10.0 Å². The Hall–Kier alpha value is -2.29. The van der Waals surface area contributed by atoms with Crippen molar-refractivity contribution in [3.05, 3.63) is 59.1 Å². The molecule has 1 amide bonds. The minimum absolute atomic E-state index is 0.0438. The van der Waals surface area contributed by atoms with Crippen molar-refractivity contribution in [1.29, 1.82) is 0 Å². The summed E-state index contributed by atoms with van der Waals surface area (Å²) in [6, 6.07) is 14.0. The van der Waals surface area contributed by atoms with Gasteiger partial charge in [0.05, 0.1) is 20.1 Å². The summed E-state index contributed by atoms with van der Waals surface area (Å²) in [5, 5.41) is 6.28. The maximum absolute atomic E-state index is 12.7. The first-order chi connectivity index (χ1) is 12.9. The molecular weight excluding hydrogens is 382 g/mol. The second kappa shape index (κ2) is 7.03. The number of carbonyl (C=O) groups is 1. The number of sulfonamides is 1. The summed E-state index contributed by atoms with van der Waals surface area (Å²) in [5.41, 5.74) is 1.37. The third-order valence-corrected chi connectivity index (χ3v) is 6.96. The Bertz CT molecular complexity index is 1070. The van der Waals surface area contributed by atoms with Crippen LogP contribution >= 0.6 is 11.3 Å². The van der Waals surface area contributed by atoms with Gasteiger partial charge in [-0.2, -0.15) is 0 Å². The SMILES string of the molecule is NS(=O)(=O)c1cccc(C(=O)N2CCC(c3nc4ccccc4s3)CC2)c1. The number of carbonyl (C=O) groups excluding carboxylic acids is 1. The van der Waals surface area contributed by atoms with E-state index >= 15 is 0 Å². The van der Waals surface area contributed by atoms with Gasteiger partial charge in [0.1, 0.15) is 0 Å². The summed E-state index contributed by atoms with van der Waals surface area (Å²) < 4.78 is 24.2. The molecule has 0 aliphatic carbocycles. The van der Waals surface area contributed by atoms with E-state index in [0.29, 0.717) is 24.6 Å². The molecule has 140 valence electrons. The fourth-order valence-corrected chi connectivity index (χ4v) is 5.08. The van der Waals surface area contributed by atoms with Gasteiger partial charge in [-0.1, -0.05) is 18.2 Å². The summed E-state index contributed by atoms with van der Waals surface area (Å²) in [6.45, 7) is 1.25. The molecule has 1 aliphatic rings. The highest BCUT2D eigenvalue weighted by molar-refractivity contribution is 7.89. The van der Waals surface area contributed by atoms with Crippen LogP contribution in [0.2, 0.25) is 0 Å². The van der Waals surface area contributed by atoms with Crippen molar-refractivity contribution >= 4 is 37.5 Å². The number of primary sulfonamides is 1. The smallest absolute Gasteiger partial charge is 0.253 e. The summed E-state index contributed by atoms with van der Waals surface area (Å²) in [4.78, 5) is 19.2. The minimum atomic E-state index is -3.82. The van der Waals surface area contributed by atoms with E-state index in [9.17, 15) is 13.2 Å². The van der Waals surface area contributed by atoms with Crippen molar-refractivity contribution < 1.29 is 13.2 Å². The molecule has 2 aromatic carbocycles. The van der Waals surface area contributed by atoms with E-state index in [2.05, 4.69) is 6.07 Å². The van der Waals surface area contributed by atoms with Crippen LogP contribution in [0.1, 0.15) is 34.1 Å². The predicted octanol–water partition coefficient (Wildman–Crippen LogP) is 2.96. The van der Waals surface area contributed by atoms with Crippen LogP contribution in [0.5, 0.6) is 0 Å². The highest BCUT2D eigenvalue weighted by atomic mass is 32.2. The number of piperidine rings is 1.